The lowest BCUT2D eigenvalue weighted by atomic mass is 9.97. The number of benzene rings is 4. The van der Waals surface area contributed by atoms with Crippen molar-refractivity contribution in [3.8, 4) is 0 Å². The van der Waals surface area contributed by atoms with Crippen LogP contribution in [0.3, 0.4) is 0 Å². The zero-order valence-electron chi connectivity index (χ0n) is 11.9. The summed E-state index contributed by atoms with van der Waals surface area (Å²) >= 11 is 14.2. The maximum atomic E-state index is 6.26. The minimum atomic E-state index is 0.770. The molecule has 0 spiro atoms. The summed E-state index contributed by atoms with van der Waals surface area (Å²) in [7, 11) is 0. The first kappa shape index (κ1) is 13.6. The zero-order valence-corrected chi connectivity index (χ0v) is 14.3. The highest BCUT2D eigenvalue weighted by Gasteiger charge is 2.14. The van der Waals surface area contributed by atoms with Crippen LogP contribution < -0.4 is 0 Å². The summed E-state index contributed by atoms with van der Waals surface area (Å²) in [6, 6.07) is 20.9. The average Bonchev–Trinajstić information content (AvgIpc) is 2.93. The number of thiophene rings is 1. The normalized spacial score (nSPS) is 11.9. The number of hydrogen-bond acceptors (Lipinski definition) is 1. The van der Waals surface area contributed by atoms with E-state index >= 15 is 0 Å². The predicted molar refractivity (Wildman–Crippen MR) is 104 cm³/mol. The van der Waals surface area contributed by atoms with Gasteiger partial charge in [0, 0.05) is 35.6 Å². The Morgan fingerprint density at radius 1 is 0.609 bits per heavy atom. The molecule has 5 aromatic rings. The van der Waals surface area contributed by atoms with Crippen molar-refractivity contribution in [2.24, 2.45) is 0 Å². The molecule has 0 atom stereocenters. The Morgan fingerprint density at radius 2 is 1.30 bits per heavy atom. The molecule has 0 aliphatic rings. The summed E-state index contributed by atoms with van der Waals surface area (Å²) in [6.45, 7) is 0. The molecule has 1 aromatic heterocycles. The van der Waals surface area contributed by atoms with Crippen LogP contribution in [-0.2, 0) is 0 Å². The molecular weight excluding hydrogens is 343 g/mol. The summed E-state index contributed by atoms with van der Waals surface area (Å²) < 4.78 is 2.52. The van der Waals surface area contributed by atoms with E-state index in [0.717, 1.165) is 10.0 Å². The third kappa shape index (κ3) is 1.91. The first-order chi connectivity index (χ1) is 11.2. The van der Waals surface area contributed by atoms with E-state index in [4.69, 9.17) is 23.2 Å². The number of fused-ring (bicyclic) bond motifs is 8. The molecule has 0 saturated carbocycles. The number of halogens is 2. The van der Waals surface area contributed by atoms with Crippen LogP contribution in [0.4, 0.5) is 0 Å². The van der Waals surface area contributed by atoms with Crippen LogP contribution in [-0.4, -0.2) is 0 Å². The van der Waals surface area contributed by atoms with Crippen LogP contribution in [0.5, 0.6) is 0 Å². The molecular formula is C20H10Cl2S. The molecule has 0 saturated heterocycles. The molecule has 3 heteroatoms. The molecule has 1 heterocycles. The Hall–Kier alpha value is -1.80. The Kier molecular flexibility index (Phi) is 2.87. The van der Waals surface area contributed by atoms with Gasteiger partial charge < -0.3 is 0 Å². The van der Waals surface area contributed by atoms with Crippen molar-refractivity contribution in [3.05, 3.63) is 70.7 Å². The highest BCUT2D eigenvalue weighted by Crippen LogP contribution is 2.44. The Labute approximate surface area is 146 Å². The second-order valence-electron chi connectivity index (χ2n) is 5.68. The van der Waals surface area contributed by atoms with Crippen molar-refractivity contribution in [2.45, 2.75) is 0 Å². The summed E-state index contributed by atoms with van der Waals surface area (Å²) in [5.41, 5.74) is 0. The van der Waals surface area contributed by atoms with Crippen LogP contribution in [0.25, 0.3) is 41.7 Å². The molecule has 0 aliphatic heterocycles. The number of hydrogen-bond donors (Lipinski definition) is 0. The molecule has 0 radical (unpaired) electrons. The average molecular weight is 353 g/mol. The largest absolute Gasteiger partial charge is 0.134 e. The second kappa shape index (κ2) is 4.85. The van der Waals surface area contributed by atoms with Gasteiger partial charge in [0.15, 0.2) is 0 Å². The first-order valence-electron chi connectivity index (χ1n) is 7.34. The molecule has 0 unspecified atom stereocenters. The predicted octanol–water partition coefficient (Wildman–Crippen LogP) is 7.67. The fourth-order valence-corrected chi connectivity index (χ4v) is 5.11. The lowest BCUT2D eigenvalue weighted by Crippen LogP contribution is -1.80. The van der Waals surface area contributed by atoms with Crippen molar-refractivity contribution in [1.82, 2.24) is 0 Å². The van der Waals surface area contributed by atoms with Gasteiger partial charge in [-0.15, -0.1) is 11.3 Å². The Morgan fingerprint density at radius 3 is 2.13 bits per heavy atom. The molecule has 0 bridgehead atoms. The van der Waals surface area contributed by atoms with Gasteiger partial charge in [-0.2, -0.15) is 0 Å². The van der Waals surface area contributed by atoms with Gasteiger partial charge in [0.25, 0.3) is 0 Å². The van der Waals surface area contributed by atoms with Gasteiger partial charge in [0.1, 0.15) is 0 Å². The van der Waals surface area contributed by atoms with Crippen molar-refractivity contribution in [1.29, 1.82) is 0 Å². The van der Waals surface area contributed by atoms with Gasteiger partial charge in [-0.3, -0.25) is 0 Å². The van der Waals surface area contributed by atoms with Gasteiger partial charge in [-0.25, -0.2) is 0 Å². The third-order valence-electron chi connectivity index (χ3n) is 4.36. The maximum absolute atomic E-state index is 6.26. The SMILES string of the molecule is Clc1ccc2c(c1)sc1c3ccc(Cl)cc3c3ccccc3c21. The lowest BCUT2D eigenvalue weighted by Gasteiger charge is -2.07. The van der Waals surface area contributed by atoms with Crippen LogP contribution in [0.15, 0.2) is 60.7 Å². The van der Waals surface area contributed by atoms with Crippen molar-refractivity contribution < 1.29 is 0 Å². The molecule has 0 amide bonds. The van der Waals surface area contributed by atoms with E-state index in [9.17, 15) is 0 Å². The van der Waals surface area contributed by atoms with E-state index in [1.807, 2.05) is 12.1 Å². The topological polar surface area (TPSA) is 0 Å². The summed E-state index contributed by atoms with van der Waals surface area (Å²) in [5, 5.41) is 9.10. The number of rotatable bonds is 0. The maximum Gasteiger partial charge on any atom is 0.0440 e. The Balaban J connectivity index is 2.18. The third-order valence-corrected chi connectivity index (χ3v) is 6.02. The van der Waals surface area contributed by atoms with Gasteiger partial charge in [0.05, 0.1) is 0 Å². The zero-order chi connectivity index (χ0) is 15.6. The van der Waals surface area contributed by atoms with E-state index < -0.39 is 0 Å². The van der Waals surface area contributed by atoms with E-state index in [1.165, 1.54) is 41.7 Å². The first-order valence-corrected chi connectivity index (χ1v) is 8.91. The molecule has 23 heavy (non-hydrogen) atoms. The molecule has 0 nitrogen and oxygen atoms in total. The van der Waals surface area contributed by atoms with Crippen LogP contribution in [0.1, 0.15) is 0 Å². The van der Waals surface area contributed by atoms with Crippen molar-refractivity contribution in [3.63, 3.8) is 0 Å². The Bertz CT molecular complexity index is 1230. The monoisotopic (exact) mass is 352 g/mol. The minimum Gasteiger partial charge on any atom is -0.134 e. The van der Waals surface area contributed by atoms with Crippen LogP contribution in [0, 0.1) is 0 Å². The van der Waals surface area contributed by atoms with E-state index in [2.05, 4.69) is 48.5 Å². The van der Waals surface area contributed by atoms with E-state index in [1.54, 1.807) is 11.3 Å². The van der Waals surface area contributed by atoms with Gasteiger partial charge in [-0.05, 0) is 40.4 Å². The fraction of sp³-hybridized carbons (Fsp3) is 0. The van der Waals surface area contributed by atoms with Gasteiger partial charge >= 0.3 is 0 Å². The smallest absolute Gasteiger partial charge is 0.0440 e. The fourth-order valence-electron chi connectivity index (χ4n) is 3.40. The molecule has 5 rings (SSSR count). The lowest BCUT2D eigenvalue weighted by molar-refractivity contribution is 1.80. The highest BCUT2D eigenvalue weighted by atomic mass is 35.5. The van der Waals surface area contributed by atoms with Crippen LogP contribution in [0.2, 0.25) is 10.0 Å². The summed E-state index contributed by atoms with van der Waals surface area (Å²) in [6.07, 6.45) is 0. The van der Waals surface area contributed by atoms with Gasteiger partial charge in [-0.1, -0.05) is 59.6 Å². The second-order valence-corrected chi connectivity index (χ2v) is 7.61. The summed E-state index contributed by atoms with van der Waals surface area (Å²) in [5.74, 6) is 0. The standard InChI is InChI=1S/C20H10Cl2S/c21-11-5-7-15-17(9-11)13-3-1-2-4-14(13)19-16-8-6-12(22)10-18(16)23-20(15)19/h1-10H. The summed E-state index contributed by atoms with van der Waals surface area (Å²) in [4.78, 5) is 0. The molecule has 0 N–H and O–H groups in total. The highest BCUT2D eigenvalue weighted by molar-refractivity contribution is 7.27. The molecule has 4 aromatic carbocycles. The van der Waals surface area contributed by atoms with E-state index in [-0.39, 0.29) is 0 Å². The molecule has 0 aliphatic carbocycles. The minimum absolute atomic E-state index is 0.770. The van der Waals surface area contributed by atoms with Crippen molar-refractivity contribution in [2.75, 3.05) is 0 Å². The van der Waals surface area contributed by atoms with Gasteiger partial charge in [0.2, 0.25) is 0 Å². The molecule has 110 valence electrons. The molecule has 0 fully saturated rings. The van der Waals surface area contributed by atoms with E-state index in [0.29, 0.717) is 0 Å². The van der Waals surface area contributed by atoms with Crippen molar-refractivity contribution >= 4 is 76.3 Å². The van der Waals surface area contributed by atoms with Crippen LogP contribution >= 0.6 is 34.5 Å². The quantitative estimate of drug-likeness (QED) is 0.251.